The van der Waals surface area contributed by atoms with Crippen molar-refractivity contribution in [1.29, 1.82) is 0 Å². The first-order valence-corrected chi connectivity index (χ1v) is 4.57. The van der Waals surface area contributed by atoms with Crippen molar-refractivity contribution < 1.29 is 14.2 Å². The van der Waals surface area contributed by atoms with Gasteiger partial charge in [-0.2, -0.15) is 0 Å². The van der Waals surface area contributed by atoms with Gasteiger partial charge in [-0.3, -0.25) is 0 Å². The summed E-state index contributed by atoms with van der Waals surface area (Å²) in [6.07, 6.45) is -0.722. The summed E-state index contributed by atoms with van der Waals surface area (Å²) in [5, 5.41) is 12.4. The van der Waals surface area contributed by atoms with E-state index in [0.29, 0.717) is 18.8 Å². The minimum absolute atomic E-state index is 0.236. The maximum absolute atomic E-state index is 12.6. The van der Waals surface area contributed by atoms with Crippen molar-refractivity contribution in [1.82, 2.24) is 5.32 Å². The monoisotopic (exact) mass is 197 g/mol. The molecule has 1 aliphatic rings. The minimum Gasteiger partial charge on any atom is -0.486 e. The van der Waals surface area contributed by atoms with Crippen LogP contribution in [0.4, 0.5) is 4.39 Å². The first kappa shape index (κ1) is 9.43. The molecule has 0 aromatic heterocycles. The molecule has 1 saturated heterocycles. The van der Waals surface area contributed by atoms with Crippen LogP contribution in [0.25, 0.3) is 0 Å². The summed E-state index contributed by atoms with van der Waals surface area (Å²) in [4.78, 5) is 0. The predicted octanol–water partition coefficient (Wildman–Crippen LogP) is 0.537. The van der Waals surface area contributed by atoms with E-state index in [1.807, 2.05) is 0 Å². The van der Waals surface area contributed by atoms with Crippen LogP contribution in [0.15, 0.2) is 24.3 Å². The van der Waals surface area contributed by atoms with Crippen LogP contribution in [0.5, 0.6) is 5.75 Å². The van der Waals surface area contributed by atoms with Gasteiger partial charge in [0.1, 0.15) is 23.8 Å². The molecule has 0 spiro atoms. The maximum atomic E-state index is 12.6. The molecule has 2 N–H and O–H groups in total. The fourth-order valence-electron chi connectivity index (χ4n) is 1.45. The Morgan fingerprint density at radius 3 is 2.57 bits per heavy atom. The number of halogens is 1. The summed E-state index contributed by atoms with van der Waals surface area (Å²) in [5.74, 6) is 0.293. The fourth-order valence-corrected chi connectivity index (χ4v) is 1.45. The maximum Gasteiger partial charge on any atom is 0.138 e. The van der Waals surface area contributed by atoms with Gasteiger partial charge in [-0.25, -0.2) is 4.39 Å². The number of β-amino-alcohol motifs (C(OH)–C–C–N with tert-alkyl or cyclic N) is 1. The third-order valence-corrected chi connectivity index (χ3v) is 2.23. The number of aliphatic hydroxyl groups excluding tert-OH is 1. The standard InChI is InChI=1S/C10H12FNO2/c11-7-1-3-8(4-2-7)14-10-6-12-5-9(10)13/h1-4,9-10,12-13H,5-6H2. The topological polar surface area (TPSA) is 41.5 Å². The first-order chi connectivity index (χ1) is 6.75. The molecule has 2 rings (SSSR count). The van der Waals surface area contributed by atoms with Gasteiger partial charge in [-0.05, 0) is 24.3 Å². The van der Waals surface area contributed by atoms with Crippen molar-refractivity contribution in [2.75, 3.05) is 13.1 Å². The summed E-state index contributed by atoms with van der Waals surface area (Å²) in [6, 6.07) is 5.79. The molecule has 1 aliphatic heterocycles. The van der Waals surface area contributed by atoms with E-state index < -0.39 is 6.10 Å². The van der Waals surface area contributed by atoms with Gasteiger partial charge >= 0.3 is 0 Å². The summed E-state index contributed by atoms with van der Waals surface area (Å²) in [7, 11) is 0. The second kappa shape index (κ2) is 3.94. The Morgan fingerprint density at radius 1 is 1.29 bits per heavy atom. The molecule has 1 heterocycles. The van der Waals surface area contributed by atoms with Crippen molar-refractivity contribution >= 4 is 0 Å². The lowest BCUT2D eigenvalue weighted by atomic mass is 10.2. The van der Waals surface area contributed by atoms with Crippen molar-refractivity contribution in [2.45, 2.75) is 12.2 Å². The molecule has 1 aromatic carbocycles. The number of benzene rings is 1. The van der Waals surface area contributed by atoms with Gasteiger partial charge in [0.25, 0.3) is 0 Å². The number of hydrogen-bond donors (Lipinski definition) is 2. The quantitative estimate of drug-likeness (QED) is 0.727. The highest BCUT2D eigenvalue weighted by Crippen LogP contribution is 2.15. The third kappa shape index (κ3) is 2.02. The van der Waals surface area contributed by atoms with Crippen LogP contribution >= 0.6 is 0 Å². The third-order valence-electron chi connectivity index (χ3n) is 2.23. The highest BCUT2D eigenvalue weighted by molar-refractivity contribution is 5.22. The molecule has 0 aliphatic carbocycles. The number of nitrogens with one attached hydrogen (secondary N) is 1. The Labute approximate surface area is 81.5 Å². The predicted molar refractivity (Wildman–Crippen MR) is 49.7 cm³/mol. The molecule has 0 radical (unpaired) electrons. The van der Waals surface area contributed by atoms with E-state index in [2.05, 4.69) is 5.32 Å². The molecule has 0 bridgehead atoms. The fraction of sp³-hybridized carbons (Fsp3) is 0.400. The van der Waals surface area contributed by atoms with Gasteiger partial charge < -0.3 is 15.2 Å². The molecule has 2 unspecified atom stereocenters. The molecular weight excluding hydrogens is 185 g/mol. The number of aliphatic hydroxyl groups is 1. The lowest BCUT2D eigenvalue weighted by Gasteiger charge is -2.15. The van der Waals surface area contributed by atoms with Crippen molar-refractivity contribution in [3.63, 3.8) is 0 Å². The molecule has 76 valence electrons. The Balaban J connectivity index is 2.00. The first-order valence-electron chi connectivity index (χ1n) is 4.57. The van der Waals surface area contributed by atoms with Crippen LogP contribution in [-0.4, -0.2) is 30.4 Å². The smallest absolute Gasteiger partial charge is 0.138 e. The Bertz CT molecular complexity index is 301. The van der Waals surface area contributed by atoms with Crippen LogP contribution in [0.1, 0.15) is 0 Å². The van der Waals surface area contributed by atoms with E-state index in [4.69, 9.17) is 4.74 Å². The van der Waals surface area contributed by atoms with Crippen LogP contribution in [0, 0.1) is 5.82 Å². The highest BCUT2D eigenvalue weighted by atomic mass is 19.1. The molecular formula is C10H12FNO2. The summed E-state index contributed by atoms with van der Waals surface area (Å²) < 4.78 is 18.0. The molecule has 1 fully saturated rings. The van der Waals surface area contributed by atoms with Gasteiger partial charge in [0.05, 0.1) is 0 Å². The van der Waals surface area contributed by atoms with Gasteiger partial charge in [0.15, 0.2) is 0 Å². The molecule has 14 heavy (non-hydrogen) atoms. The molecule has 3 nitrogen and oxygen atoms in total. The average Bonchev–Trinajstić information content (AvgIpc) is 2.56. The summed E-state index contributed by atoms with van der Waals surface area (Å²) >= 11 is 0. The van der Waals surface area contributed by atoms with Gasteiger partial charge in [0, 0.05) is 13.1 Å². The van der Waals surface area contributed by atoms with E-state index in [9.17, 15) is 9.50 Å². The molecule has 2 atom stereocenters. The molecule has 1 aromatic rings. The lowest BCUT2D eigenvalue weighted by Crippen LogP contribution is -2.29. The minimum atomic E-state index is -0.486. The second-order valence-corrected chi connectivity index (χ2v) is 3.34. The SMILES string of the molecule is OC1CNCC1Oc1ccc(F)cc1. The molecule has 0 saturated carbocycles. The van der Waals surface area contributed by atoms with Gasteiger partial charge in [-0.1, -0.05) is 0 Å². The van der Waals surface area contributed by atoms with Crippen LogP contribution < -0.4 is 10.1 Å². The van der Waals surface area contributed by atoms with Crippen molar-refractivity contribution in [2.24, 2.45) is 0 Å². The van der Waals surface area contributed by atoms with Gasteiger partial charge in [-0.15, -0.1) is 0 Å². The number of hydrogen-bond acceptors (Lipinski definition) is 3. The van der Waals surface area contributed by atoms with Crippen LogP contribution in [0.2, 0.25) is 0 Å². The normalized spacial score (nSPS) is 26.4. The number of rotatable bonds is 2. The van der Waals surface area contributed by atoms with E-state index >= 15 is 0 Å². The van der Waals surface area contributed by atoms with E-state index in [-0.39, 0.29) is 11.9 Å². The second-order valence-electron chi connectivity index (χ2n) is 3.34. The average molecular weight is 197 g/mol. The zero-order valence-corrected chi connectivity index (χ0v) is 7.61. The number of ether oxygens (including phenoxy) is 1. The Kier molecular flexibility index (Phi) is 2.65. The van der Waals surface area contributed by atoms with Gasteiger partial charge in [0.2, 0.25) is 0 Å². The Hall–Kier alpha value is -1.13. The lowest BCUT2D eigenvalue weighted by molar-refractivity contribution is 0.0737. The highest BCUT2D eigenvalue weighted by Gasteiger charge is 2.26. The molecule has 0 amide bonds. The van der Waals surface area contributed by atoms with Crippen molar-refractivity contribution in [3.05, 3.63) is 30.1 Å². The van der Waals surface area contributed by atoms with E-state index in [1.54, 1.807) is 12.1 Å². The van der Waals surface area contributed by atoms with Crippen LogP contribution in [0.3, 0.4) is 0 Å². The largest absolute Gasteiger partial charge is 0.486 e. The summed E-state index contributed by atoms with van der Waals surface area (Å²) in [5.41, 5.74) is 0. The zero-order valence-electron chi connectivity index (χ0n) is 7.61. The van der Waals surface area contributed by atoms with E-state index in [1.165, 1.54) is 12.1 Å². The summed E-state index contributed by atoms with van der Waals surface area (Å²) in [6.45, 7) is 1.17. The molecule has 4 heteroatoms. The zero-order chi connectivity index (χ0) is 9.97. The van der Waals surface area contributed by atoms with E-state index in [0.717, 1.165) is 0 Å². The Morgan fingerprint density at radius 2 is 2.00 bits per heavy atom. The van der Waals surface area contributed by atoms with Crippen LogP contribution in [-0.2, 0) is 0 Å². The van der Waals surface area contributed by atoms with Crippen molar-refractivity contribution in [3.8, 4) is 5.75 Å².